The van der Waals surface area contributed by atoms with E-state index in [2.05, 4.69) is 24.1 Å². The lowest BCUT2D eigenvalue weighted by Crippen LogP contribution is -2.21. The predicted octanol–water partition coefficient (Wildman–Crippen LogP) is 3.49. The normalized spacial score (nSPS) is 11.1. The summed E-state index contributed by atoms with van der Waals surface area (Å²) >= 11 is 5.83. The first kappa shape index (κ1) is 12.1. The average Bonchev–Trinajstić information content (AvgIpc) is 2.76. The van der Waals surface area contributed by atoms with E-state index in [4.69, 9.17) is 16.0 Å². The van der Waals surface area contributed by atoms with Gasteiger partial charge in [-0.15, -0.1) is 0 Å². The molecule has 17 heavy (non-hydrogen) atoms. The Kier molecular flexibility index (Phi) is 3.82. The van der Waals surface area contributed by atoms with Crippen molar-refractivity contribution >= 4 is 11.6 Å². The van der Waals surface area contributed by atoms with Gasteiger partial charge in [-0.3, -0.25) is 0 Å². The number of hydrogen-bond donors (Lipinski definition) is 1. The molecule has 0 saturated carbocycles. The van der Waals surface area contributed by atoms with E-state index in [9.17, 15) is 0 Å². The van der Waals surface area contributed by atoms with Gasteiger partial charge in [0.2, 0.25) is 5.89 Å². The van der Waals surface area contributed by atoms with Gasteiger partial charge >= 0.3 is 0 Å². The van der Waals surface area contributed by atoms with E-state index in [1.807, 2.05) is 24.3 Å². The molecule has 2 rings (SSSR count). The zero-order valence-corrected chi connectivity index (χ0v) is 10.7. The van der Waals surface area contributed by atoms with Gasteiger partial charge in [-0.2, -0.15) is 0 Å². The number of rotatable bonds is 4. The van der Waals surface area contributed by atoms with Crippen molar-refractivity contribution in [3.8, 4) is 11.5 Å². The van der Waals surface area contributed by atoms with Crippen LogP contribution in [0.25, 0.3) is 11.5 Å². The standard InChI is InChI=1S/C13H15ClN2O/c1-9(2)15-7-12-8-17-13(16-12)10-3-5-11(14)6-4-10/h3-6,8-9,15H,7H2,1-2H3. The Labute approximate surface area is 106 Å². The lowest BCUT2D eigenvalue weighted by Gasteiger charge is -2.04. The number of aromatic nitrogens is 1. The van der Waals surface area contributed by atoms with Crippen molar-refractivity contribution in [3.63, 3.8) is 0 Å². The van der Waals surface area contributed by atoms with Crippen LogP contribution < -0.4 is 5.32 Å². The molecular formula is C13H15ClN2O. The van der Waals surface area contributed by atoms with Crippen LogP contribution in [0.15, 0.2) is 34.9 Å². The van der Waals surface area contributed by atoms with Crippen LogP contribution in [0.1, 0.15) is 19.5 Å². The minimum absolute atomic E-state index is 0.436. The second-order valence-corrected chi connectivity index (χ2v) is 4.62. The number of halogens is 1. The molecule has 1 aromatic carbocycles. The van der Waals surface area contributed by atoms with Crippen LogP contribution >= 0.6 is 11.6 Å². The summed E-state index contributed by atoms with van der Waals surface area (Å²) in [7, 11) is 0. The Balaban J connectivity index is 2.10. The van der Waals surface area contributed by atoms with Crippen molar-refractivity contribution in [1.29, 1.82) is 0 Å². The molecule has 1 N–H and O–H groups in total. The highest BCUT2D eigenvalue weighted by Gasteiger charge is 2.06. The molecule has 0 radical (unpaired) electrons. The fourth-order valence-corrected chi connectivity index (χ4v) is 1.55. The number of nitrogens with one attached hydrogen (secondary N) is 1. The SMILES string of the molecule is CC(C)NCc1coc(-c2ccc(Cl)cc2)n1. The first-order valence-corrected chi connectivity index (χ1v) is 5.96. The third kappa shape index (κ3) is 3.32. The minimum Gasteiger partial charge on any atom is -0.444 e. The third-order valence-corrected chi connectivity index (χ3v) is 2.59. The Morgan fingerprint density at radius 2 is 2.00 bits per heavy atom. The molecular weight excluding hydrogens is 236 g/mol. The van der Waals surface area contributed by atoms with Crippen LogP contribution in [0.2, 0.25) is 5.02 Å². The Hall–Kier alpha value is -1.32. The number of oxazole rings is 1. The molecule has 0 saturated heterocycles. The van der Waals surface area contributed by atoms with E-state index >= 15 is 0 Å². The molecule has 90 valence electrons. The molecule has 1 heterocycles. The smallest absolute Gasteiger partial charge is 0.226 e. The van der Waals surface area contributed by atoms with Crippen molar-refractivity contribution in [2.24, 2.45) is 0 Å². The van der Waals surface area contributed by atoms with Crippen LogP contribution in [0.4, 0.5) is 0 Å². The zero-order chi connectivity index (χ0) is 12.3. The largest absolute Gasteiger partial charge is 0.444 e. The van der Waals surface area contributed by atoms with Crippen molar-refractivity contribution < 1.29 is 4.42 Å². The minimum atomic E-state index is 0.436. The first-order chi connectivity index (χ1) is 8.15. The van der Waals surface area contributed by atoms with Crippen LogP contribution in [-0.2, 0) is 6.54 Å². The van der Waals surface area contributed by atoms with Crippen LogP contribution in [0.5, 0.6) is 0 Å². The molecule has 0 aliphatic heterocycles. The summed E-state index contributed by atoms with van der Waals surface area (Å²) < 4.78 is 5.43. The molecule has 0 aliphatic carbocycles. The zero-order valence-electron chi connectivity index (χ0n) is 9.90. The Morgan fingerprint density at radius 1 is 1.29 bits per heavy atom. The van der Waals surface area contributed by atoms with Gasteiger partial charge in [0.1, 0.15) is 6.26 Å². The second-order valence-electron chi connectivity index (χ2n) is 4.19. The highest BCUT2D eigenvalue weighted by Crippen LogP contribution is 2.20. The van der Waals surface area contributed by atoms with Gasteiger partial charge in [0, 0.05) is 23.2 Å². The molecule has 0 spiro atoms. The second kappa shape index (κ2) is 5.34. The Morgan fingerprint density at radius 3 is 2.65 bits per heavy atom. The van der Waals surface area contributed by atoms with Crippen molar-refractivity contribution in [1.82, 2.24) is 10.3 Å². The van der Waals surface area contributed by atoms with E-state index in [0.29, 0.717) is 17.0 Å². The van der Waals surface area contributed by atoms with Crippen molar-refractivity contribution in [3.05, 3.63) is 41.2 Å². The summed E-state index contributed by atoms with van der Waals surface area (Å²) in [4.78, 5) is 4.41. The quantitative estimate of drug-likeness (QED) is 0.903. The predicted molar refractivity (Wildman–Crippen MR) is 68.9 cm³/mol. The number of benzene rings is 1. The van der Waals surface area contributed by atoms with Gasteiger partial charge in [-0.25, -0.2) is 4.98 Å². The van der Waals surface area contributed by atoms with E-state index < -0.39 is 0 Å². The molecule has 4 heteroatoms. The molecule has 3 nitrogen and oxygen atoms in total. The summed E-state index contributed by atoms with van der Waals surface area (Å²) in [5, 5.41) is 4.00. The maximum absolute atomic E-state index is 5.83. The molecule has 1 aromatic heterocycles. The lowest BCUT2D eigenvalue weighted by atomic mass is 10.2. The Bertz CT molecular complexity index is 476. The fraction of sp³-hybridized carbons (Fsp3) is 0.308. The number of hydrogen-bond acceptors (Lipinski definition) is 3. The maximum Gasteiger partial charge on any atom is 0.226 e. The van der Waals surface area contributed by atoms with Crippen molar-refractivity contribution in [2.45, 2.75) is 26.4 Å². The summed E-state index contributed by atoms with van der Waals surface area (Å²) in [5.41, 5.74) is 1.84. The van der Waals surface area contributed by atoms with Crippen LogP contribution in [0, 0.1) is 0 Å². The van der Waals surface area contributed by atoms with Gasteiger partial charge < -0.3 is 9.73 Å². The highest BCUT2D eigenvalue weighted by atomic mass is 35.5. The van der Waals surface area contributed by atoms with Crippen LogP contribution in [0.3, 0.4) is 0 Å². The number of nitrogens with zero attached hydrogens (tertiary/aromatic N) is 1. The third-order valence-electron chi connectivity index (χ3n) is 2.33. The summed E-state index contributed by atoms with van der Waals surface area (Å²) in [6.07, 6.45) is 1.68. The molecule has 0 aliphatic rings. The van der Waals surface area contributed by atoms with Gasteiger partial charge in [0.05, 0.1) is 5.69 Å². The van der Waals surface area contributed by atoms with Crippen LogP contribution in [-0.4, -0.2) is 11.0 Å². The van der Waals surface area contributed by atoms with Gasteiger partial charge in [-0.1, -0.05) is 25.4 Å². The van der Waals surface area contributed by atoms with E-state index in [0.717, 1.165) is 17.8 Å². The van der Waals surface area contributed by atoms with Gasteiger partial charge in [-0.05, 0) is 24.3 Å². The van der Waals surface area contributed by atoms with E-state index in [-0.39, 0.29) is 0 Å². The maximum atomic E-state index is 5.83. The molecule has 0 atom stereocenters. The average molecular weight is 251 g/mol. The molecule has 0 bridgehead atoms. The summed E-state index contributed by atoms with van der Waals surface area (Å²) in [6, 6.07) is 7.88. The highest BCUT2D eigenvalue weighted by molar-refractivity contribution is 6.30. The molecule has 0 fully saturated rings. The first-order valence-electron chi connectivity index (χ1n) is 5.59. The van der Waals surface area contributed by atoms with E-state index in [1.54, 1.807) is 6.26 Å². The summed E-state index contributed by atoms with van der Waals surface area (Å²) in [5.74, 6) is 0.627. The fourth-order valence-electron chi connectivity index (χ4n) is 1.42. The van der Waals surface area contributed by atoms with Gasteiger partial charge in [0.25, 0.3) is 0 Å². The topological polar surface area (TPSA) is 38.1 Å². The monoisotopic (exact) mass is 250 g/mol. The molecule has 0 unspecified atom stereocenters. The van der Waals surface area contributed by atoms with Crippen molar-refractivity contribution in [2.75, 3.05) is 0 Å². The molecule has 2 aromatic rings. The van der Waals surface area contributed by atoms with Gasteiger partial charge in [0.15, 0.2) is 0 Å². The van der Waals surface area contributed by atoms with E-state index in [1.165, 1.54) is 0 Å². The molecule has 0 amide bonds. The lowest BCUT2D eigenvalue weighted by molar-refractivity contribution is 0.560. The summed E-state index contributed by atoms with van der Waals surface area (Å²) in [6.45, 7) is 4.91.